The van der Waals surface area contributed by atoms with Crippen LogP contribution in [0.4, 0.5) is 0 Å². The zero-order valence-electron chi connectivity index (χ0n) is 12.2. The lowest BCUT2D eigenvalue weighted by atomic mass is 10.1. The summed E-state index contributed by atoms with van der Waals surface area (Å²) in [5.74, 6) is 0.853. The van der Waals surface area contributed by atoms with Crippen molar-refractivity contribution in [2.24, 2.45) is 0 Å². The molecule has 4 rings (SSSR count). The number of aromatic nitrogens is 1. The third-order valence-corrected chi connectivity index (χ3v) is 6.44. The second kappa shape index (κ2) is 5.45. The van der Waals surface area contributed by atoms with E-state index in [0.29, 0.717) is 0 Å². The number of thiophene rings is 2. The number of carbonyl (C=O) groups is 1. The molecule has 22 heavy (non-hydrogen) atoms. The lowest BCUT2D eigenvalue weighted by Gasteiger charge is -2.05. The van der Waals surface area contributed by atoms with Crippen LogP contribution in [0.3, 0.4) is 0 Å². The molecule has 0 aromatic carbocycles. The second-order valence-electron chi connectivity index (χ2n) is 5.62. The Labute approximate surface area is 137 Å². The van der Waals surface area contributed by atoms with Gasteiger partial charge in [-0.2, -0.15) is 0 Å². The van der Waals surface area contributed by atoms with Crippen LogP contribution in [-0.2, 0) is 0 Å². The molecule has 4 heteroatoms. The highest BCUT2D eigenvalue weighted by molar-refractivity contribution is 7.24. The Balaban J connectivity index is 1.70. The highest BCUT2D eigenvalue weighted by Crippen LogP contribution is 2.46. The van der Waals surface area contributed by atoms with Crippen LogP contribution in [0.15, 0.2) is 42.7 Å². The highest BCUT2D eigenvalue weighted by Gasteiger charge is 2.26. The van der Waals surface area contributed by atoms with Gasteiger partial charge in [-0.3, -0.25) is 9.78 Å². The van der Waals surface area contributed by atoms with Gasteiger partial charge >= 0.3 is 0 Å². The number of hydrogen-bond acceptors (Lipinski definition) is 4. The molecule has 0 aliphatic heterocycles. The van der Waals surface area contributed by atoms with Crippen molar-refractivity contribution in [1.29, 1.82) is 0 Å². The minimum Gasteiger partial charge on any atom is -0.294 e. The first kappa shape index (κ1) is 13.9. The topological polar surface area (TPSA) is 30.0 Å². The summed E-state index contributed by atoms with van der Waals surface area (Å²) in [5, 5.41) is 0. The Hall–Kier alpha value is -1.78. The first-order valence-corrected chi connectivity index (χ1v) is 9.01. The van der Waals surface area contributed by atoms with Crippen molar-refractivity contribution in [3.63, 3.8) is 0 Å². The number of ketones is 1. The van der Waals surface area contributed by atoms with Crippen LogP contribution in [0, 0.1) is 0 Å². The maximum absolute atomic E-state index is 11.4. The Kier molecular flexibility index (Phi) is 3.43. The van der Waals surface area contributed by atoms with Gasteiger partial charge in [-0.1, -0.05) is 0 Å². The molecule has 0 bridgehead atoms. The summed E-state index contributed by atoms with van der Waals surface area (Å²) in [6, 6.07) is 10.4. The molecule has 110 valence electrons. The van der Waals surface area contributed by atoms with Crippen molar-refractivity contribution in [1.82, 2.24) is 4.98 Å². The summed E-state index contributed by atoms with van der Waals surface area (Å²) in [4.78, 5) is 20.2. The normalized spacial score (nSPS) is 14.2. The number of hydrogen-bond donors (Lipinski definition) is 0. The fraction of sp³-hybridized carbons (Fsp3) is 0.222. The fourth-order valence-corrected chi connectivity index (χ4v) is 4.67. The van der Waals surface area contributed by atoms with Gasteiger partial charge in [-0.05, 0) is 61.6 Å². The number of carbonyl (C=O) groups excluding carboxylic acids is 1. The van der Waals surface area contributed by atoms with Crippen LogP contribution in [-0.4, -0.2) is 10.8 Å². The molecule has 0 atom stereocenters. The van der Waals surface area contributed by atoms with Crippen molar-refractivity contribution < 1.29 is 4.79 Å². The molecular weight excluding hydrogens is 310 g/mol. The van der Waals surface area contributed by atoms with Gasteiger partial charge < -0.3 is 0 Å². The summed E-state index contributed by atoms with van der Waals surface area (Å²) in [7, 11) is 0. The predicted octanol–water partition coefficient (Wildman–Crippen LogP) is 5.62. The van der Waals surface area contributed by atoms with Crippen molar-refractivity contribution in [3.8, 4) is 20.2 Å². The molecule has 0 unspecified atom stereocenters. The maximum Gasteiger partial charge on any atom is 0.169 e. The minimum atomic E-state index is 0.135. The molecule has 0 N–H and O–H groups in total. The Morgan fingerprint density at radius 1 is 1.05 bits per heavy atom. The molecule has 0 amide bonds. The van der Waals surface area contributed by atoms with Gasteiger partial charge in [0.15, 0.2) is 5.78 Å². The van der Waals surface area contributed by atoms with E-state index >= 15 is 0 Å². The molecule has 0 radical (unpaired) electrons. The van der Waals surface area contributed by atoms with E-state index in [1.165, 1.54) is 38.6 Å². The Bertz CT molecular complexity index is 842. The zero-order valence-corrected chi connectivity index (χ0v) is 13.8. The van der Waals surface area contributed by atoms with E-state index in [1.807, 2.05) is 24.5 Å². The first-order valence-electron chi connectivity index (χ1n) is 7.37. The van der Waals surface area contributed by atoms with Crippen LogP contribution in [0.2, 0.25) is 0 Å². The SMILES string of the molecule is CC(=O)c1ccc(-c2ccc(-c3cnccc3C3CC3)s2)s1. The van der Waals surface area contributed by atoms with Crippen molar-refractivity contribution in [2.45, 2.75) is 25.7 Å². The molecule has 1 aliphatic carbocycles. The average molecular weight is 325 g/mol. The van der Waals surface area contributed by atoms with Gasteiger partial charge in [0.2, 0.25) is 0 Å². The van der Waals surface area contributed by atoms with Crippen molar-refractivity contribution in [3.05, 3.63) is 53.2 Å². The summed E-state index contributed by atoms with van der Waals surface area (Å²) >= 11 is 3.35. The van der Waals surface area contributed by atoms with Crippen LogP contribution in [0.5, 0.6) is 0 Å². The van der Waals surface area contributed by atoms with E-state index in [2.05, 4.69) is 23.2 Å². The largest absolute Gasteiger partial charge is 0.294 e. The number of pyridine rings is 1. The van der Waals surface area contributed by atoms with Crippen LogP contribution >= 0.6 is 22.7 Å². The van der Waals surface area contributed by atoms with E-state index < -0.39 is 0 Å². The van der Waals surface area contributed by atoms with Crippen LogP contribution in [0.25, 0.3) is 20.2 Å². The summed E-state index contributed by atoms with van der Waals surface area (Å²) in [5.41, 5.74) is 2.70. The molecule has 1 aliphatic rings. The monoisotopic (exact) mass is 325 g/mol. The third-order valence-electron chi connectivity index (χ3n) is 3.94. The van der Waals surface area contributed by atoms with E-state index in [4.69, 9.17) is 0 Å². The minimum absolute atomic E-state index is 0.135. The summed E-state index contributed by atoms with van der Waals surface area (Å²) in [6.07, 6.45) is 6.47. The highest BCUT2D eigenvalue weighted by atomic mass is 32.1. The Morgan fingerprint density at radius 2 is 1.77 bits per heavy atom. The van der Waals surface area contributed by atoms with Crippen molar-refractivity contribution >= 4 is 28.5 Å². The van der Waals surface area contributed by atoms with Crippen molar-refractivity contribution in [2.75, 3.05) is 0 Å². The van der Waals surface area contributed by atoms with Gasteiger partial charge in [0, 0.05) is 32.6 Å². The standard InChI is InChI=1S/C18H15NOS2/c1-11(20)15-4-6-17(21-15)18-7-5-16(22-18)14-10-19-9-8-13(14)12-2-3-12/h4-10,12H,2-3H2,1H3. The fourth-order valence-electron chi connectivity index (χ4n) is 2.64. The van der Waals surface area contributed by atoms with Gasteiger partial charge in [0.25, 0.3) is 0 Å². The molecule has 1 saturated carbocycles. The van der Waals surface area contributed by atoms with Gasteiger partial charge in [-0.15, -0.1) is 22.7 Å². The van der Waals surface area contributed by atoms with Gasteiger partial charge in [-0.25, -0.2) is 0 Å². The molecule has 2 nitrogen and oxygen atoms in total. The zero-order chi connectivity index (χ0) is 15.1. The number of Topliss-reactive ketones (excluding diaryl/α,β-unsaturated/α-hetero) is 1. The lowest BCUT2D eigenvalue weighted by Crippen LogP contribution is -1.86. The molecule has 3 aromatic rings. The summed E-state index contributed by atoms with van der Waals surface area (Å²) < 4.78 is 0. The maximum atomic E-state index is 11.4. The molecular formula is C18H15NOS2. The number of nitrogens with zero attached hydrogens (tertiary/aromatic N) is 1. The molecule has 0 saturated heterocycles. The Morgan fingerprint density at radius 3 is 2.50 bits per heavy atom. The predicted molar refractivity (Wildman–Crippen MR) is 92.8 cm³/mol. The van der Waals surface area contributed by atoms with Gasteiger partial charge in [0.05, 0.1) is 4.88 Å². The van der Waals surface area contributed by atoms with E-state index in [9.17, 15) is 4.79 Å². The number of rotatable bonds is 4. The molecule has 3 heterocycles. The van der Waals surface area contributed by atoms with E-state index in [1.54, 1.807) is 29.6 Å². The molecule has 3 aromatic heterocycles. The first-order chi connectivity index (χ1) is 10.7. The second-order valence-corrected chi connectivity index (χ2v) is 7.79. The lowest BCUT2D eigenvalue weighted by molar-refractivity contribution is 0.102. The smallest absolute Gasteiger partial charge is 0.169 e. The molecule has 0 spiro atoms. The van der Waals surface area contributed by atoms with E-state index in [0.717, 1.165) is 10.8 Å². The van der Waals surface area contributed by atoms with Crippen LogP contribution < -0.4 is 0 Å². The van der Waals surface area contributed by atoms with Crippen LogP contribution in [0.1, 0.15) is 40.9 Å². The average Bonchev–Trinajstić information content (AvgIpc) is 3.05. The quantitative estimate of drug-likeness (QED) is 0.583. The third kappa shape index (κ3) is 2.53. The molecule has 1 fully saturated rings. The van der Waals surface area contributed by atoms with Gasteiger partial charge in [0.1, 0.15) is 0 Å². The van der Waals surface area contributed by atoms with E-state index in [-0.39, 0.29) is 5.78 Å². The summed E-state index contributed by atoms with van der Waals surface area (Å²) in [6.45, 7) is 1.62.